The van der Waals surface area contributed by atoms with E-state index < -0.39 is 46.7 Å². The first-order valence-corrected chi connectivity index (χ1v) is 17.9. The minimum Gasteiger partial charge on any atom is -0.363 e. The SMILES string of the molecule is CC(C)(C)[C@H](NC(=O)NC1(Cc2ccccc2)CCCCC1)C(=O)N1C[C@H](C2CCCC2)C[C@H]1C(=O)N[C@H](CC1CC1)C(=O)C(N)=O. The monoisotopic (exact) mass is 649 g/mol. The third kappa shape index (κ3) is 8.93. The minimum absolute atomic E-state index is 0.150. The van der Waals surface area contributed by atoms with Gasteiger partial charge in [0.1, 0.15) is 12.1 Å². The molecule has 0 aromatic heterocycles. The number of Topliss-reactive ketones (excluding diaryl/α,β-unsaturated/α-hetero) is 1. The van der Waals surface area contributed by atoms with Gasteiger partial charge in [0.15, 0.2) is 0 Å². The summed E-state index contributed by atoms with van der Waals surface area (Å²) >= 11 is 0. The molecule has 1 aromatic carbocycles. The minimum atomic E-state index is -1.06. The third-order valence-electron chi connectivity index (χ3n) is 11.1. The Morgan fingerprint density at radius 2 is 1.55 bits per heavy atom. The number of hydrogen-bond acceptors (Lipinski definition) is 5. The number of primary amides is 1. The maximum absolute atomic E-state index is 14.5. The topological polar surface area (TPSA) is 151 Å². The van der Waals surface area contributed by atoms with Crippen LogP contribution in [-0.2, 0) is 25.6 Å². The van der Waals surface area contributed by atoms with Crippen LogP contribution in [0.2, 0.25) is 0 Å². The number of urea groups is 1. The van der Waals surface area contributed by atoms with Crippen LogP contribution in [0.1, 0.15) is 110 Å². The highest BCUT2D eigenvalue weighted by molar-refractivity contribution is 6.37. The van der Waals surface area contributed by atoms with Gasteiger partial charge in [-0.05, 0) is 60.8 Å². The Morgan fingerprint density at radius 1 is 0.894 bits per heavy atom. The van der Waals surface area contributed by atoms with Crippen molar-refractivity contribution >= 4 is 29.5 Å². The van der Waals surface area contributed by atoms with Crippen LogP contribution < -0.4 is 21.7 Å². The maximum Gasteiger partial charge on any atom is 0.315 e. The van der Waals surface area contributed by atoms with Gasteiger partial charge in [-0.1, -0.05) is 109 Å². The van der Waals surface area contributed by atoms with Gasteiger partial charge in [-0.2, -0.15) is 0 Å². The van der Waals surface area contributed by atoms with Gasteiger partial charge in [0.25, 0.3) is 5.91 Å². The highest BCUT2D eigenvalue weighted by Gasteiger charge is 2.48. The number of nitrogens with one attached hydrogen (secondary N) is 3. The van der Waals surface area contributed by atoms with Crippen LogP contribution in [-0.4, -0.2) is 64.6 Å². The molecule has 0 radical (unpaired) electrons. The summed E-state index contributed by atoms with van der Waals surface area (Å²) < 4.78 is 0. The van der Waals surface area contributed by atoms with E-state index >= 15 is 0 Å². The molecule has 0 bridgehead atoms. The largest absolute Gasteiger partial charge is 0.363 e. The molecule has 1 aliphatic heterocycles. The summed E-state index contributed by atoms with van der Waals surface area (Å²) in [7, 11) is 0. The van der Waals surface area contributed by atoms with Crippen LogP contribution in [0.15, 0.2) is 30.3 Å². The summed E-state index contributed by atoms with van der Waals surface area (Å²) in [6, 6.07) is 7.14. The van der Waals surface area contributed by atoms with Crippen LogP contribution in [0.4, 0.5) is 4.79 Å². The third-order valence-corrected chi connectivity index (χ3v) is 11.1. The fourth-order valence-corrected chi connectivity index (χ4v) is 8.27. The molecule has 3 aliphatic carbocycles. The highest BCUT2D eigenvalue weighted by Crippen LogP contribution is 2.40. The molecule has 10 nitrogen and oxygen atoms in total. The normalized spacial score (nSPS) is 24.3. The molecule has 258 valence electrons. The number of carbonyl (C=O) groups excluding carboxylic acids is 5. The van der Waals surface area contributed by atoms with Crippen LogP contribution >= 0.6 is 0 Å². The lowest BCUT2D eigenvalue weighted by Crippen LogP contribution is -2.62. The molecular formula is C37H55N5O5. The maximum atomic E-state index is 14.5. The molecule has 3 saturated carbocycles. The Labute approximate surface area is 279 Å². The van der Waals surface area contributed by atoms with E-state index in [0.29, 0.717) is 25.3 Å². The van der Waals surface area contributed by atoms with Crippen LogP contribution in [0.3, 0.4) is 0 Å². The van der Waals surface area contributed by atoms with Crippen molar-refractivity contribution < 1.29 is 24.0 Å². The van der Waals surface area contributed by atoms with Crippen molar-refractivity contribution in [2.75, 3.05) is 6.54 Å². The lowest BCUT2D eigenvalue weighted by atomic mass is 9.77. The van der Waals surface area contributed by atoms with Crippen LogP contribution in [0.25, 0.3) is 0 Å². The van der Waals surface area contributed by atoms with E-state index in [2.05, 4.69) is 28.1 Å². The van der Waals surface area contributed by atoms with E-state index in [-0.39, 0.29) is 23.8 Å². The Hall–Kier alpha value is -3.43. The molecule has 4 fully saturated rings. The predicted octanol–water partition coefficient (Wildman–Crippen LogP) is 4.39. The van der Waals surface area contributed by atoms with E-state index in [1.165, 1.54) is 0 Å². The molecule has 5 N–H and O–H groups in total. The first-order valence-electron chi connectivity index (χ1n) is 17.9. The Balaban J connectivity index is 1.34. The Morgan fingerprint density at radius 3 is 2.15 bits per heavy atom. The van der Waals surface area contributed by atoms with Gasteiger partial charge in [0, 0.05) is 12.1 Å². The van der Waals surface area contributed by atoms with Gasteiger partial charge >= 0.3 is 6.03 Å². The zero-order valence-corrected chi connectivity index (χ0v) is 28.5. The van der Waals surface area contributed by atoms with Crippen molar-refractivity contribution in [3.05, 3.63) is 35.9 Å². The molecule has 1 saturated heterocycles. The average molecular weight is 650 g/mol. The molecule has 0 unspecified atom stereocenters. The summed E-state index contributed by atoms with van der Waals surface area (Å²) in [5.41, 5.74) is 5.47. The number of amides is 5. The molecule has 5 amide bonds. The molecule has 0 spiro atoms. The van der Waals surface area contributed by atoms with Crippen LogP contribution in [0, 0.1) is 23.2 Å². The number of ketones is 1. The second-order valence-electron chi connectivity index (χ2n) is 15.9. The molecular weight excluding hydrogens is 594 g/mol. The molecule has 10 heteroatoms. The summed E-state index contributed by atoms with van der Waals surface area (Å²) in [5, 5.41) is 9.19. The zero-order chi connectivity index (χ0) is 33.8. The van der Waals surface area contributed by atoms with Gasteiger partial charge < -0.3 is 26.6 Å². The summed E-state index contributed by atoms with van der Waals surface area (Å²) in [4.78, 5) is 68.4. The van der Waals surface area contributed by atoms with Crippen molar-refractivity contribution in [3.8, 4) is 0 Å². The second kappa shape index (κ2) is 14.8. The fourth-order valence-electron chi connectivity index (χ4n) is 8.27. The van der Waals surface area contributed by atoms with Crippen molar-refractivity contribution in [2.24, 2.45) is 28.9 Å². The van der Waals surface area contributed by atoms with Crippen LogP contribution in [0.5, 0.6) is 0 Å². The van der Waals surface area contributed by atoms with E-state index in [1.807, 2.05) is 39.0 Å². The number of likely N-dealkylation sites (tertiary alicyclic amines) is 1. The second-order valence-corrected chi connectivity index (χ2v) is 15.9. The van der Waals surface area contributed by atoms with Gasteiger partial charge in [0.2, 0.25) is 17.6 Å². The van der Waals surface area contributed by atoms with Crippen molar-refractivity contribution in [1.82, 2.24) is 20.9 Å². The number of nitrogens with zero attached hydrogens (tertiary/aromatic N) is 1. The average Bonchev–Trinajstić information content (AvgIpc) is 3.47. The Bertz CT molecular complexity index is 1290. The van der Waals surface area contributed by atoms with Gasteiger partial charge in [-0.3, -0.25) is 19.2 Å². The van der Waals surface area contributed by atoms with Crippen molar-refractivity contribution in [2.45, 2.75) is 134 Å². The number of carbonyl (C=O) groups is 5. The number of benzene rings is 1. The summed E-state index contributed by atoms with van der Waals surface area (Å²) in [6.45, 7) is 6.19. The number of hydrogen-bond donors (Lipinski definition) is 4. The van der Waals surface area contributed by atoms with E-state index in [9.17, 15) is 24.0 Å². The highest BCUT2D eigenvalue weighted by atomic mass is 16.2. The van der Waals surface area contributed by atoms with E-state index in [1.54, 1.807) is 4.90 Å². The number of rotatable bonds is 12. The first kappa shape index (κ1) is 34.9. The first-order chi connectivity index (χ1) is 22.3. The molecule has 1 aromatic rings. The predicted molar refractivity (Wildman–Crippen MR) is 180 cm³/mol. The zero-order valence-electron chi connectivity index (χ0n) is 28.5. The lowest BCUT2D eigenvalue weighted by molar-refractivity contribution is -0.143. The molecule has 4 aliphatic rings. The van der Waals surface area contributed by atoms with Gasteiger partial charge in [-0.25, -0.2) is 4.79 Å². The smallest absolute Gasteiger partial charge is 0.315 e. The van der Waals surface area contributed by atoms with Crippen molar-refractivity contribution in [3.63, 3.8) is 0 Å². The van der Waals surface area contributed by atoms with Gasteiger partial charge in [-0.15, -0.1) is 0 Å². The fraction of sp³-hybridized carbons (Fsp3) is 0.703. The standard InChI is InChI=1S/C37H55N5O5/c1-36(2,3)31(40-35(47)41-37(18-10-5-11-19-37)22-25-12-6-4-7-13-25)34(46)42-23-27(26-14-8-9-15-26)21-29(42)33(45)39-28(20-24-16-17-24)30(43)32(38)44/h4,6-7,12-13,24,26-29,31H,5,8-11,14-23H2,1-3H3,(H2,38,44)(H,39,45)(H2,40,41,47)/t27-,28-,29+,31-/m1/s1. The molecule has 5 rings (SSSR count). The van der Waals surface area contributed by atoms with E-state index in [4.69, 9.17) is 5.73 Å². The van der Waals surface area contributed by atoms with Crippen molar-refractivity contribution in [1.29, 1.82) is 0 Å². The lowest BCUT2D eigenvalue weighted by Gasteiger charge is -2.40. The quantitative estimate of drug-likeness (QED) is 0.248. The number of nitrogens with two attached hydrogens (primary N) is 1. The Kier molecular flexibility index (Phi) is 11.0. The summed E-state index contributed by atoms with van der Waals surface area (Å²) in [6.07, 6.45) is 12.8. The molecule has 47 heavy (non-hydrogen) atoms. The molecule has 1 heterocycles. The summed E-state index contributed by atoms with van der Waals surface area (Å²) in [5.74, 6) is -1.74. The molecule has 4 atom stereocenters. The van der Waals surface area contributed by atoms with Gasteiger partial charge in [0.05, 0.1) is 6.04 Å². The van der Waals surface area contributed by atoms with E-state index in [0.717, 1.165) is 82.6 Å².